The third-order valence-electron chi connectivity index (χ3n) is 2.07. The Morgan fingerprint density at radius 2 is 2.13 bits per heavy atom. The maximum atomic E-state index is 11.3. The number of benzene rings is 1. The van der Waals surface area contributed by atoms with Gasteiger partial charge in [-0.05, 0) is 30.8 Å². The summed E-state index contributed by atoms with van der Waals surface area (Å²) in [6, 6.07) is 7.90. The molecule has 1 aliphatic rings. The minimum absolute atomic E-state index is 0.179. The van der Waals surface area contributed by atoms with E-state index in [0.717, 1.165) is 11.1 Å². The topological polar surface area (TPSA) is 41.1 Å². The van der Waals surface area contributed by atoms with Gasteiger partial charge in [0.15, 0.2) is 5.11 Å². The first-order valence-electron chi connectivity index (χ1n) is 4.56. The summed E-state index contributed by atoms with van der Waals surface area (Å²) in [4.78, 5) is 11.3. The van der Waals surface area contributed by atoms with Crippen molar-refractivity contribution in [3.8, 4) is 0 Å². The SMILES string of the molecule is Cc1cccc(/C=C2\NC(=S)NC2=O)c1. The van der Waals surface area contributed by atoms with Gasteiger partial charge in [-0.3, -0.25) is 10.1 Å². The van der Waals surface area contributed by atoms with E-state index in [1.165, 1.54) is 0 Å². The Morgan fingerprint density at radius 3 is 2.73 bits per heavy atom. The van der Waals surface area contributed by atoms with Crippen molar-refractivity contribution in [3.63, 3.8) is 0 Å². The minimum Gasteiger partial charge on any atom is -0.328 e. The average Bonchev–Trinajstić information content (AvgIpc) is 2.45. The van der Waals surface area contributed by atoms with Crippen molar-refractivity contribution >= 4 is 29.3 Å². The van der Waals surface area contributed by atoms with Gasteiger partial charge in [0.05, 0.1) is 0 Å². The van der Waals surface area contributed by atoms with Gasteiger partial charge in [-0.2, -0.15) is 0 Å². The lowest BCUT2D eigenvalue weighted by atomic mass is 10.1. The fourth-order valence-corrected chi connectivity index (χ4v) is 1.61. The third-order valence-corrected chi connectivity index (χ3v) is 2.28. The highest BCUT2D eigenvalue weighted by Crippen LogP contribution is 2.09. The summed E-state index contributed by atoms with van der Waals surface area (Å²) in [5, 5.41) is 5.68. The van der Waals surface area contributed by atoms with Crippen LogP contribution in [-0.2, 0) is 4.79 Å². The number of nitrogens with one attached hydrogen (secondary N) is 2. The van der Waals surface area contributed by atoms with Crippen molar-refractivity contribution in [2.45, 2.75) is 6.92 Å². The molecule has 1 aromatic rings. The summed E-state index contributed by atoms with van der Waals surface area (Å²) >= 11 is 4.83. The highest BCUT2D eigenvalue weighted by molar-refractivity contribution is 7.80. The number of carbonyl (C=O) groups excluding carboxylic acids is 1. The van der Waals surface area contributed by atoms with Gasteiger partial charge in [0, 0.05) is 0 Å². The van der Waals surface area contributed by atoms with Crippen LogP contribution in [0.2, 0.25) is 0 Å². The maximum absolute atomic E-state index is 11.3. The van der Waals surface area contributed by atoms with Gasteiger partial charge in [-0.1, -0.05) is 29.8 Å². The quantitative estimate of drug-likeness (QED) is 0.552. The van der Waals surface area contributed by atoms with Crippen LogP contribution in [0.1, 0.15) is 11.1 Å². The third kappa shape index (κ3) is 2.22. The molecule has 1 aromatic carbocycles. The summed E-state index contributed by atoms with van der Waals surface area (Å²) in [5.41, 5.74) is 2.63. The molecule has 1 saturated heterocycles. The molecule has 2 N–H and O–H groups in total. The largest absolute Gasteiger partial charge is 0.328 e. The summed E-state index contributed by atoms with van der Waals surface area (Å²) in [5.74, 6) is -0.179. The molecule has 1 fully saturated rings. The molecular weight excluding hydrogens is 208 g/mol. The minimum atomic E-state index is -0.179. The van der Waals surface area contributed by atoms with Crippen LogP contribution >= 0.6 is 12.2 Å². The predicted octanol–water partition coefficient (Wildman–Crippen LogP) is 1.34. The molecule has 0 unspecified atom stereocenters. The van der Waals surface area contributed by atoms with Crippen molar-refractivity contribution in [2.75, 3.05) is 0 Å². The maximum Gasteiger partial charge on any atom is 0.273 e. The number of aryl methyl sites for hydroxylation is 1. The number of hydrogen-bond donors (Lipinski definition) is 2. The second-order valence-electron chi connectivity index (χ2n) is 3.38. The number of rotatable bonds is 1. The molecule has 1 heterocycles. The van der Waals surface area contributed by atoms with Crippen LogP contribution in [0.4, 0.5) is 0 Å². The molecule has 15 heavy (non-hydrogen) atoms. The Labute approximate surface area is 93.2 Å². The summed E-state index contributed by atoms with van der Waals surface area (Å²) in [6.45, 7) is 2.01. The van der Waals surface area contributed by atoms with Crippen LogP contribution in [-0.4, -0.2) is 11.0 Å². The first kappa shape index (κ1) is 9.86. The lowest BCUT2D eigenvalue weighted by Crippen LogP contribution is -2.21. The average molecular weight is 218 g/mol. The first-order valence-corrected chi connectivity index (χ1v) is 4.97. The Balaban J connectivity index is 2.31. The van der Waals surface area contributed by atoms with E-state index in [1.807, 2.05) is 31.2 Å². The van der Waals surface area contributed by atoms with E-state index in [9.17, 15) is 4.79 Å². The van der Waals surface area contributed by atoms with Gasteiger partial charge in [0.25, 0.3) is 5.91 Å². The van der Waals surface area contributed by atoms with Gasteiger partial charge in [0.1, 0.15) is 5.70 Å². The van der Waals surface area contributed by atoms with E-state index < -0.39 is 0 Å². The second-order valence-corrected chi connectivity index (χ2v) is 3.79. The van der Waals surface area contributed by atoms with E-state index >= 15 is 0 Å². The Kier molecular flexibility index (Phi) is 2.51. The summed E-state index contributed by atoms with van der Waals surface area (Å²) in [6.07, 6.45) is 1.78. The molecule has 76 valence electrons. The molecule has 4 heteroatoms. The zero-order valence-corrected chi connectivity index (χ0v) is 9.02. The highest BCUT2D eigenvalue weighted by atomic mass is 32.1. The van der Waals surface area contributed by atoms with Gasteiger partial charge in [-0.25, -0.2) is 0 Å². The van der Waals surface area contributed by atoms with Crippen molar-refractivity contribution in [1.29, 1.82) is 0 Å². The lowest BCUT2D eigenvalue weighted by Gasteiger charge is -1.97. The molecule has 1 amide bonds. The standard InChI is InChI=1S/C11H10N2OS/c1-7-3-2-4-8(5-7)6-9-10(14)13-11(15)12-9/h2-6H,1H3,(H2,12,13,14,15)/b9-6-. The number of thiocarbonyl (C=S) groups is 1. The summed E-state index contributed by atoms with van der Waals surface area (Å²) < 4.78 is 0. The van der Waals surface area contributed by atoms with Crippen molar-refractivity contribution in [1.82, 2.24) is 10.6 Å². The fraction of sp³-hybridized carbons (Fsp3) is 0.0909. The number of carbonyl (C=O) groups is 1. The Morgan fingerprint density at radius 1 is 1.33 bits per heavy atom. The molecule has 0 aromatic heterocycles. The zero-order valence-electron chi connectivity index (χ0n) is 8.20. The van der Waals surface area contributed by atoms with E-state index in [4.69, 9.17) is 12.2 Å². The highest BCUT2D eigenvalue weighted by Gasteiger charge is 2.19. The molecule has 1 aliphatic heterocycles. The molecular formula is C11H10N2OS. The normalized spacial score (nSPS) is 17.8. The van der Waals surface area contributed by atoms with Crippen LogP contribution in [0, 0.1) is 6.92 Å². The van der Waals surface area contributed by atoms with Crippen LogP contribution in [0.15, 0.2) is 30.0 Å². The van der Waals surface area contributed by atoms with Crippen molar-refractivity contribution in [3.05, 3.63) is 41.1 Å². The molecule has 0 bridgehead atoms. The van der Waals surface area contributed by atoms with E-state index in [2.05, 4.69) is 10.6 Å². The molecule has 2 rings (SSSR count). The first-order chi connectivity index (χ1) is 7.15. The van der Waals surface area contributed by atoms with Gasteiger partial charge in [0.2, 0.25) is 0 Å². The molecule has 0 radical (unpaired) electrons. The van der Waals surface area contributed by atoms with Gasteiger partial charge < -0.3 is 5.32 Å². The molecule has 0 aliphatic carbocycles. The number of hydrogen-bond acceptors (Lipinski definition) is 2. The van der Waals surface area contributed by atoms with Crippen LogP contribution < -0.4 is 10.6 Å². The summed E-state index contributed by atoms with van der Waals surface area (Å²) in [7, 11) is 0. The molecule has 3 nitrogen and oxygen atoms in total. The predicted molar refractivity (Wildman–Crippen MR) is 63.0 cm³/mol. The second kappa shape index (κ2) is 3.82. The van der Waals surface area contributed by atoms with E-state index in [0.29, 0.717) is 10.8 Å². The van der Waals surface area contributed by atoms with Gasteiger partial charge in [-0.15, -0.1) is 0 Å². The van der Waals surface area contributed by atoms with E-state index in [1.54, 1.807) is 6.08 Å². The van der Waals surface area contributed by atoms with Crippen LogP contribution in [0.25, 0.3) is 6.08 Å². The lowest BCUT2D eigenvalue weighted by molar-refractivity contribution is -0.115. The zero-order chi connectivity index (χ0) is 10.8. The number of amides is 1. The molecule has 0 spiro atoms. The Hall–Kier alpha value is -1.68. The van der Waals surface area contributed by atoms with Crippen LogP contribution in [0.3, 0.4) is 0 Å². The van der Waals surface area contributed by atoms with Crippen molar-refractivity contribution < 1.29 is 4.79 Å². The fourth-order valence-electron chi connectivity index (χ4n) is 1.41. The molecule has 0 atom stereocenters. The monoisotopic (exact) mass is 218 g/mol. The smallest absolute Gasteiger partial charge is 0.273 e. The van der Waals surface area contributed by atoms with Crippen molar-refractivity contribution in [2.24, 2.45) is 0 Å². The Bertz CT molecular complexity index is 465. The van der Waals surface area contributed by atoms with E-state index in [-0.39, 0.29) is 5.91 Å². The van der Waals surface area contributed by atoms with Gasteiger partial charge >= 0.3 is 0 Å². The molecule has 0 saturated carbocycles. The van der Waals surface area contributed by atoms with Crippen LogP contribution in [0.5, 0.6) is 0 Å².